The average molecular weight is 355 g/mol. The highest BCUT2D eigenvalue weighted by Gasteiger charge is 2.22. The number of carbonyl (C=O) groups is 2. The first-order chi connectivity index (χ1) is 12.5. The Morgan fingerprint density at radius 3 is 2.50 bits per heavy atom. The molecule has 2 aromatic carbocycles. The second-order valence-electron chi connectivity index (χ2n) is 6.22. The highest BCUT2D eigenvalue weighted by Crippen LogP contribution is 2.28. The first kappa shape index (κ1) is 17.8. The van der Waals surface area contributed by atoms with E-state index < -0.39 is 5.97 Å². The topological polar surface area (TPSA) is 76.1 Å². The van der Waals surface area contributed by atoms with E-state index in [1.807, 2.05) is 12.1 Å². The summed E-state index contributed by atoms with van der Waals surface area (Å²) in [5.74, 6) is 0.259. The Balaban J connectivity index is 1.73. The number of carboxylic acids is 1. The van der Waals surface area contributed by atoms with Crippen LogP contribution in [0.5, 0.6) is 11.5 Å². The van der Waals surface area contributed by atoms with Crippen LogP contribution in [0.25, 0.3) is 0 Å². The Bertz CT molecular complexity index is 846. The summed E-state index contributed by atoms with van der Waals surface area (Å²) in [7, 11) is 3.13. The largest absolute Gasteiger partial charge is 0.493 e. The molecular weight excluding hydrogens is 334 g/mol. The van der Waals surface area contributed by atoms with E-state index in [9.17, 15) is 9.59 Å². The van der Waals surface area contributed by atoms with Crippen molar-refractivity contribution in [1.82, 2.24) is 4.90 Å². The van der Waals surface area contributed by atoms with Crippen LogP contribution in [0.3, 0.4) is 0 Å². The van der Waals surface area contributed by atoms with Gasteiger partial charge in [0, 0.05) is 13.1 Å². The van der Waals surface area contributed by atoms with Crippen LogP contribution in [0.4, 0.5) is 0 Å². The van der Waals surface area contributed by atoms with Crippen molar-refractivity contribution in [2.45, 2.75) is 19.4 Å². The van der Waals surface area contributed by atoms with Gasteiger partial charge in [-0.15, -0.1) is 0 Å². The van der Waals surface area contributed by atoms with Crippen LogP contribution in [0.2, 0.25) is 0 Å². The Hall–Kier alpha value is -3.02. The Morgan fingerprint density at radius 2 is 1.81 bits per heavy atom. The molecule has 0 atom stereocenters. The van der Waals surface area contributed by atoms with Crippen LogP contribution < -0.4 is 9.47 Å². The van der Waals surface area contributed by atoms with Crippen LogP contribution >= 0.6 is 0 Å². The summed E-state index contributed by atoms with van der Waals surface area (Å²) in [5, 5.41) is 9.15. The number of hydrogen-bond acceptors (Lipinski definition) is 4. The van der Waals surface area contributed by atoms with Gasteiger partial charge in [0.2, 0.25) is 5.91 Å². The maximum Gasteiger partial charge on any atom is 0.335 e. The van der Waals surface area contributed by atoms with Crippen molar-refractivity contribution in [3.63, 3.8) is 0 Å². The monoisotopic (exact) mass is 355 g/mol. The number of methoxy groups -OCH3 is 2. The predicted molar refractivity (Wildman–Crippen MR) is 95.8 cm³/mol. The summed E-state index contributed by atoms with van der Waals surface area (Å²) in [6, 6.07) is 10.5. The van der Waals surface area contributed by atoms with Gasteiger partial charge in [0.15, 0.2) is 11.5 Å². The third-order valence-electron chi connectivity index (χ3n) is 4.62. The molecule has 1 aliphatic rings. The number of amides is 1. The third-order valence-corrected chi connectivity index (χ3v) is 4.62. The number of hydrogen-bond donors (Lipinski definition) is 1. The summed E-state index contributed by atoms with van der Waals surface area (Å²) in [5.41, 5.74) is 3.10. The molecule has 0 unspecified atom stereocenters. The maximum absolute atomic E-state index is 12.7. The molecule has 0 saturated heterocycles. The van der Waals surface area contributed by atoms with Crippen LogP contribution in [-0.2, 0) is 24.2 Å². The smallest absolute Gasteiger partial charge is 0.335 e. The summed E-state index contributed by atoms with van der Waals surface area (Å²) >= 11 is 0. The van der Waals surface area contributed by atoms with Gasteiger partial charge in [-0.3, -0.25) is 4.79 Å². The van der Waals surface area contributed by atoms with Crippen molar-refractivity contribution in [2.24, 2.45) is 0 Å². The summed E-state index contributed by atoms with van der Waals surface area (Å²) < 4.78 is 10.5. The molecule has 3 rings (SSSR count). The van der Waals surface area contributed by atoms with Gasteiger partial charge >= 0.3 is 5.97 Å². The molecule has 1 amide bonds. The number of fused-ring (bicyclic) bond motifs is 1. The Morgan fingerprint density at radius 1 is 1.04 bits per heavy atom. The van der Waals surface area contributed by atoms with Gasteiger partial charge < -0.3 is 19.5 Å². The highest BCUT2D eigenvalue weighted by atomic mass is 16.5. The summed E-state index contributed by atoms with van der Waals surface area (Å²) in [6.07, 6.45) is 0.987. The van der Waals surface area contributed by atoms with Crippen molar-refractivity contribution < 1.29 is 24.2 Å². The molecule has 6 heteroatoms. The predicted octanol–water partition coefficient (Wildman–Crippen LogP) is 2.53. The van der Waals surface area contributed by atoms with Crippen LogP contribution in [0, 0.1) is 0 Å². The van der Waals surface area contributed by atoms with Crippen LogP contribution in [0.15, 0.2) is 36.4 Å². The Labute approximate surface area is 152 Å². The van der Waals surface area contributed by atoms with Gasteiger partial charge in [0.25, 0.3) is 0 Å². The van der Waals surface area contributed by atoms with E-state index >= 15 is 0 Å². The first-order valence-corrected chi connectivity index (χ1v) is 8.35. The number of rotatable bonds is 5. The molecule has 0 fully saturated rings. The fourth-order valence-corrected chi connectivity index (χ4v) is 3.18. The van der Waals surface area contributed by atoms with Crippen molar-refractivity contribution in [3.8, 4) is 11.5 Å². The molecule has 1 heterocycles. The lowest BCUT2D eigenvalue weighted by molar-refractivity contribution is -0.131. The van der Waals surface area contributed by atoms with Gasteiger partial charge in [-0.2, -0.15) is 0 Å². The van der Waals surface area contributed by atoms with E-state index in [0.29, 0.717) is 24.6 Å². The number of nitrogens with zero attached hydrogens (tertiary/aromatic N) is 1. The van der Waals surface area contributed by atoms with E-state index in [-0.39, 0.29) is 17.9 Å². The van der Waals surface area contributed by atoms with E-state index in [0.717, 1.165) is 23.1 Å². The molecule has 136 valence electrons. The molecule has 0 radical (unpaired) electrons. The normalized spacial score (nSPS) is 13.1. The minimum atomic E-state index is -0.957. The fourth-order valence-electron chi connectivity index (χ4n) is 3.18. The molecule has 0 bridgehead atoms. The zero-order valence-corrected chi connectivity index (χ0v) is 14.8. The molecule has 26 heavy (non-hydrogen) atoms. The van der Waals surface area contributed by atoms with Gasteiger partial charge in [-0.25, -0.2) is 4.79 Å². The molecule has 0 spiro atoms. The van der Waals surface area contributed by atoms with E-state index in [2.05, 4.69) is 0 Å². The lowest BCUT2D eigenvalue weighted by Gasteiger charge is -2.29. The lowest BCUT2D eigenvalue weighted by atomic mass is 9.97. The Kier molecular flexibility index (Phi) is 5.11. The molecular formula is C20H21NO5. The highest BCUT2D eigenvalue weighted by molar-refractivity contribution is 5.88. The van der Waals surface area contributed by atoms with Crippen molar-refractivity contribution in [1.29, 1.82) is 0 Å². The molecule has 1 aliphatic heterocycles. The van der Waals surface area contributed by atoms with Gasteiger partial charge in [0.1, 0.15) is 0 Å². The van der Waals surface area contributed by atoms with Gasteiger partial charge in [-0.1, -0.05) is 12.1 Å². The SMILES string of the molecule is COc1ccc(CC(=O)N2CCc3ccc(C(=O)O)cc3C2)cc1OC. The van der Waals surface area contributed by atoms with Gasteiger partial charge in [-0.05, 0) is 47.4 Å². The molecule has 0 saturated carbocycles. The standard InChI is InChI=1S/C20H21NO5/c1-25-17-6-3-13(9-18(17)26-2)10-19(22)21-8-7-14-4-5-15(20(23)24)11-16(14)12-21/h3-6,9,11H,7-8,10,12H2,1-2H3,(H,23,24). The molecule has 0 aromatic heterocycles. The fraction of sp³-hybridized carbons (Fsp3) is 0.300. The lowest BCUT2D eigenvalue weighted by Crippen LogP contribution is -2.37. The molecule has 0 aliphatic carbocycles. The zero-order valence-electron chi connectivity index (χ0n) is 14.8. The van der Waals surface area contributed by atoms with Crippen LogP contribution in [0.1, 0.15) is 27.0 Å². The first-order valence-electron chi connectivity index (χ1n) is 8.35. The average Bonchev–Trinajstić information content (AvgIpc) is 2.66. The molecule has 2 aromatic rings. The van der Waals surface area contributed by atoms with E-state index in [1.54, 1.807) is 43.4 Å². The zero-order chi connectivity index (χ0) is 18.7. The third kappa shape index (κ3) is 3.64. The minimum Gasteiger partial charge on any atom is -0.493 e. The van der Waals surface area contributed by atoms with Crippen molar-refractivity contribution >= 4 is 11.9 Å². The van der Waals surface area contributed by atoms with Gasteiger partial charge in [0.05, 0.1) is 26.2 Å². The van der Waals surface area contributed by atoms with E-state index in [4.69, 9.17) is 14.6 Å². The maximum atomic E-state index is 12.7. The number of ether oxygens (including phenoxy) is 2. The number of carbonyl (C=O) groups excluding carboxylic acids is 1. The quantitative estimate of drug-likeness (QED) is 0.892. The van der Waals surface area contributed by atoms with Crippen LogP contribution in [-0.4, -0.2) is 42.6 Å². The number of benzene rings is 2. The summed E-state index contributed by atoms with van der Waals surface area (Å²) in [4.78, 5) is 25.6. The van der Waals surface area contributed by atoms with E-state index in [1.165, 1.54) is 0 Å². The summed E-state index contributed by atoms with van der Waals surface area (Å²) in [6.45, 7) is 1.06. The molecule has 1 N–H and O–H groups in total. The number of carboxylic acid groups (broad SMARTS) is 1. The molecule has 6 nitrogen and oxygen atoms in total. The number of aromatic carboxylic acids is 1. The minimum absolute atomic E-state index is 0.00333. The van der Waals surface area contributed by atoms with Crippen molar-refractivity contribution in [2.75, 3.05) is 20.8 Å². The van der Waals surface area contributed by atoms with Crippen molar-refractivity contribution in [3.05, 3.63) is 58.7 Å². The second-order valence-corrected chi connectivity index (χ2v) is 6.22. The second kappa shape index (κ2) is 7.47.